The molecule has 1 aliphatic rings. The van der Waals surface area contributed by atoms with Crippen LogP contribution < -0.4 is 14.2 Å². The van der Waals surface area contributed by atoms with E-state index >= 15 is 0 Å². The molecule has 1 amide bonds. The average Bonchev–Trinajstić information content (AvgIpc) is 3.38. The van der Waals surface area contributed by atoms with Crippen molar-refractivity contribution in [3.05, 3.63) is 71.9 Å². The lowest BCUT2D eigenvalue weighted by Gasteiger charge is -2.20. The van der Waals surface area contributed by atoms with Gasteiger partial charge in [-0.2, -0.15) is 0 Å². The first-order chi connectivity index (χ1) is 14.1. The summed E-state index contributed by atoms with van der Waals surface area (Å²) in [7, 11) is 3.33. The number of likely N-dealkylation sites (N-methyl/N-ethyl adjacent to an activating group) is 1. The summed E-state index contributed by atoms with van der Waals surface area (Å²) in [6.07, 6.45) is 2.07. The molecular formula is C22H22N2O5. The quantitative estimate of drug-likeness (QED) is 0.612. The number of carbonyl (C=O) groups excluding carboxylic acids is 1. The van der Waals surface area contributed by atoms with Crippen LogP contribution in [0.1, 0.15) is 21.9 Å². The van der Waals surface area contributed by atoms with Crippen molar-refractivity contribution < 1.29 is 23.4 Å². The standard InChI is InChI=1S/C22H22N2O5/c1-24(12-18-10-15-6-3-4-9-20(15)29-18)22(25)19-13-28-21(23-19)14-27-17-8-5-7-16(11-17)26-2/h3-9,11,13,18H,10,12,14H2,1-2H3/t18-/m0/s1. The molecule has 0 bridgehead atoms. The maximum Gasteiger partial charge on any atom is 0.275 e. The molecule has 3 aromatic rings. The van der Waals surface area contributed by atoms with Gasteiger partial charge in [-0.1, -0.05) is 24.3 Å². The van der Waals surface area contributed by atoms with E-state index in [9.17, 15) is 4.79 Å². The Balaban J connectivity index is 1.32. The molecule has 0 saturated heterocycles. The fourth-order valence-electron chi connectivity index (χ4n) is 3.25. The summed E-state index contributed by atoms with van der Waals surface area (Å²) in [6.45, 7) is 0.585. The Kier molecular flexibility index (Phi) is 5.37. The summed E-state index contributed by atoms with van der Waals surface area (Å²) in [5.41, 5.74) is 1.41. The normalized spacial score (nSPS) is 14.8. The second kappa shape index (κ2) is 8.26. The summed E-state index contributed by atoms with van der Waals surface area (Å²) in [5, 5.41) is 0. The molecule has 0 aliphatic carbocycles. The van der Waals surface area contributed by atoms with Crippen molar-refractivity contribution in [2.24, 2.45) is 0 Å². The highest BCUT2D eigenvalue weighted by atomic mass is 16.5. The topological polar surface area (TPSA) is 74.0 Å². The van der Waals surface area contributed by atoms with E-state index in [1.54, 1.807) is 25.1 Å². The number of amides is 1. The molecule has 2 heterocycles. The molecule has 1 atom stereocenters. The molecule has 1 aliphatic heterocycles. The third kappa shape index (κ3) is 4.34. The van der Waals surface area contributed by atoms with Gasteiger partial charge >= 0.3 is 0 Å². The lowest BCUT2D eigenvalue weighted by atomic mass is 10.1. The molecule has 4 rings (SSSR count). The number of hydrogen-bond acceptors (Lipinski definition) is 6. The molecule has 7 nitrogen and oxygen atoms in total. The van der Waals surface area contributed by atoms with Gasteiger partial charge in [0.1, 0.15) is 29.6 Å². The Labute approximate surface area is 168 Å². The summed E-state index contributed by atoms with van der Waals surface area (Å²) >= 11 is 0. The number of aromatic nitrogens is 1. The van der Waals surface area contributed by atoms with E-state index in [1.165, 1.54) is 6.26 Å². The Hall–Kier alpha value is -3.48. The number of benzene rings is 2. The van der Waals surface area contributed by atoms with Gasteiger partial charge in [0.25, 0.3) is 5.91 Å². The first-order valence-electron chi connectivity index (χ1n) is 9.33. The van der Waals surface area contributed by atoms with E-state index in [2.05, 4.69) is 4.98 Å². The number of oxazole rings is 1. The van der Waals surface area contributed by atoms with Crippen LogP contribution in [0.3, 0.4) is 0 Å². The van der Waals surface area contributed by atoms with E-state index < -0.39 is 0 Å². The van der Waals surface area contributed by atoms with Crippen LogP contribution in [-0.2, 0) is 13.0 Å². The number of rotatable bonds is 7. The van der Waals surface area contributed by atoms with Gasteiger partial charge in [0.15, 0.2) is 12.3 Å². The van der Waals surface area contributed by atoms with Gasteiger partial charge in [0, 0.05) is 19.5 Å². The van der Waals surface area contributed by atoms with Crippen molar-refractivity contribution in [3.63, 3.8) is 0 Å². The zero-order valence-corrected chi connectivity index (χ0v) is 16.3. The smallest absolute Gasteiger partial charge is 0.275 e. The van der Waals surface area contributed by atoms with Crippen molar-refractivity contribution in [3.8, 4) is 17.2 Å². The zero-order valence-electron chi connectivity index (χ0n) is 16.3. The summed E-state index contributed by atoms with van der Waals surface area (Å²) in [5.74, 6) is 2.32. The number of hydrogen-bond donors (Lipinski definition) is 0. The Morgan fingerprint density at radius 3 is 2.86 bits per heavy atom. The Bertz CT molecular complexity index is 975. The predicted octanol–water partition coefficient (Wildman–Crippen LogP) is 3.34. The first kappa shape index (κ1) is 18.9. The van der Waals surface area contributed by atoms with Gasteiger partial charge in [-0.15, -0.1) is 0 Å². The van der Waals surface area contributed by atoms with Crippen LogP contribution in [0.4, 0.5) is 0 Å². The molecule has 1 aromatic heterocycles. The number of fused-ring (bicyclic) bond motifs is 1. The van der Waals surface area contributed by atoms with Crippen molar-refractivity contribution in [2.45, 2.75) is 19.1 Å². The van der Waals surface area contributed by atoms with Crippen LogP contribution >= 0.6 is 0 Å². The fourth-order valence-corrected chi connectivity index (χ4v) is 3.25. The van der Waals surface area contributed by atoms with Crippen molar-refractivity contribution in [2.75, 3.05) is 20.7 Å². The van der Waals surface area contributed by atoms with Crippen LogP contribution in [-0.4, -0.2) is 42.6 Å². The zero-order chi connectivity index (χ0) is 20.2. The fraction of sp³-hybridized carbons (Fsp3) is 0.273. The lowest BCUT2D eigenvalue weighted by Crippen LogP contribution is -2.36. The second-order valence-electron chi connectivity index (χ2n) is 6.83. The lowest BCUT2D eigenvalue weighted by molar-refractivity contribution is 0.0724. The molecule has 2 aromatic carbocycles. The van der Waals surface area contributed by atoms with Crippen molar-refractivity contribution in [1.82, 2.24) is 9.88 Å². The van der Waals surface area contributed by atoms with Gasteiger partial charge in [0.05, 0.1) is 13.7 Å². The molecule has 0 fully saturated rings. The summed E-state index contributed by atoms with van der Waals surface area (Å²) in [6, 6.07) is 15.2. The Morgan fingerprint density at radius 2 is 2.03 bits per heavy atom. The highest BCUT2D eigenvalue weighted by Crippen LogP contribution is 2.28. The van der Waals surface area contributed by atoms with E-state index in [4.69, 9.17) is 18.6 Å². The number of carbonyl (C=O) groups is 1. The number of para-hydroxylation sites is 1. The number of ether oxygens (including phenoxy) is 3. The molecule has 0 radical (unpaired) electrons. The molecule has 0 spiro atoms. The molecule has 150 valence electrons. The monoisotopic (exact) mass is 394 g/mol. The van der Waals surface area contributed by atoms with Crippen molar-refractivity contribution in [1.29, 1.82) is 0 Å². The first-order valence-corrected chi connectivity index (χ1v) is 9.33. The van der Waals surface area contributed by atoms with Gasteiger partial charge in [-0.3, -0.25) is 4.79 Å². The predicted molar refractivity (Wildman–Crippen MR) is 105 cm³/mol. The largest absolute Gasteiger partial charge is 0.497 e. The van der Waals surface area contributed by atoms with E-state index in [0.717, 1.165) is 17.7 Å². The minimum atomic E-state index is -0.221. The van der Waals surface area contributed by atoms with Crippen LogP contribution in [0, 0.1) is 0 Å². The molecular weight excluding hydrogens is 372 g/mol. The minimum Gasteiger partial charge on any atom is -0.497 e. The third-order valence-electron chi connectivity index (χ3n) is 4.71. The molecule has 29 heavy (non-hydrogen) atoms. The maximum absolute atomic E-state index is 12.7. The van der Waals surface area contributed by atoms with Crippen LogP contribution in [0.15, 0.2) is 59.2 Å². The molecule has 0 saturated carbocycles. The SMILES string of the molecule is COc1cccc(OCc2nc(C(=O)N(C)C[C@@H]3Cc4ccccc4O3)co2)c1. The minimum absolute atomic E-state index is 0.0656. The van der Waals surface area contributed by atoms with E-state index in [0.29, 0.717) is 23.9 Å². The highest BCUT2D eigenvalue weighted by Gasteiger charge is 2.26. The maximum atomic E-state index is 12.7. The van der Waals surface area contributed by atoms with Crippen molar-refractivity contribution >= 4 is 5.91 Å². The Morgan fingerprint density at radius 1 is 1.21 bits per heavy atom. The molecule has 0 N–H and O–H groups in total. The van der Waals surface area contributed by atoms with Crippen LogP contribution in [0.2, 0.25) is 0 Å². The van der Waals surface area contributed by atoms with Gasteiger partial charge < -0.3 is 23.5 Å². The van der Waals surface area contributed by atoms with Crippen LogP contribution in [0.5, 0.6) is 17.2 Å². The second-order valence-corrected chi connectivity index (χ2v) is 6.83. The third-order valence-corrected chi connectivity index (χ3v) is 4.71. The summed E-state index contributed by atoms with van der Waals surface area (Å²) < 4.78 is 22.1. The van der Waals surface area contributed by atoms with Gasteiger partial charge in [-0.25, -0.2) is 4.98 Å². The van der Waals surface area contributed by atoms with Gasteiger partial charge in [0.2, 0.25) is 5.89 Å². The molecule has 7 heteroatoms. The van der Waals surface area contributed by atoms with Gasteiger partial charge in [-0.05, 0) is 23.8 Å². The average molecular weight is 394 g/mol. The molecule has 0 unspecified atom stereocenters. The number of nitrogens with zero attached hydrogens (tertiary/aromatic N) is 2. The highest BCUT2D eigenvalue weighted by molar-refractivity contribution is 5.91. The van der Waals surface area contributed by atoms with Crippen LogP contribution in [0.25, 0.3) is 0 Å². The summed E-state index contributed by atoms with van der Waals surface area (Å²) in [4.78, 5) is 18.5. The van der Waals surface area contributed by atoms with E-state index in [-0.39, 0.29) is 24.3 Å². The number of methoxy groups -OCH3 is 1. The van der Waals surface area contributed by atoms with E-state index in [1.807, 2.05) is 42.5 Å².